The Kier molecular flexibility index (Phi) is 4.29. The third-order valence-electron chi connectivity index (χ3n) is 3.18. The van der Waals surface area contributed by atoms with Gasteiger partial charge < -0.3 is 14.4 Å². The van der Waals surface area contributed by atoms with Gasteiger partial charge in [-0.3, -0.25) is 10.1 Å². The van der Waals surface area contributed by atoms with Crippen molar-refractivity contribution in [2.24, 2.45) is 5.92 Å². The predicted octanol–water partition coefficient (Wildman–Crippen LogP) is 1.75. The number of hydrogen-bond acceptors (Lipinski definition) is 5. The maximum absolute atomic E-state index is 11.7. The molecule has 2 rings (SSSR count). The van der Waals surface area contributed by atoms with Crippen molar-refractivity contribution in [3.8, 4) is 0 Å². The molecule has 1 atom stereocenters. The third kappa shape index (κ3) is 3.31. The molecule has 1 unspecified atom stereocenters. The van der Waals surface area contributed by atoms with Gasteiger partial charge in [-0.15, -0.1) is 0 Å². The maximum Gasteiger partial charge on any atom is 0.410 e. The number of likely N-dealkylation sites (tertiary alicyclic amines) is 1. The number of non-ortho nitro benzene ring substituents is 1. The molecule has 20 heavy (non-hydrogen) atoms. The molecule has 1 aliphatic heterocycles. The molecule has 1 aromatic rings. The van der Waals surface area contributed by atoms with Crippen molar-refractivity contribution in [1.82, 2.24) is 4.90 Å². The van der Waals surface area contributed by atoms with Gasteiger partial charge in [0.05, 0.1) is 4.92 Å². The van der Waals surface area contributed by atoms with Crippen LogP contribution in [-0.2, 0) is 16.1 Å². The summed E-state index contributed by atoms with van der Waals surface area (Å²) < 4.78 is 5.11. The molecule has 0 aliphatic carbocycles. The Hall–Kier alpha value is -2.44. The van der Waals surface area contributed by atoms with Crippen LogP contribution in [0, 0.1) is 16.0 Å². The number of benzene rings is 1. The van der Waals surface area contributed by atoms with Crippen LogP contribution in [0.5, 0.6) is 0 Å². The molecule has 0 aromatic heterocycles. The average molecular weight is 278 g/mol. The smallest absolute Gasteiger partial charge is 0.410 e. The number of nitrogens with zero attached hydrogens (tertiary/aromatic N) is 2. The molecule has 0 spiro atoms. The molecule has 0 radical (unpaired) electrons. The van der Waals surface area contributed by atoms with E-state index in [4.69, 9.17) is 4.74 Å². The second kappa shape index (κ2) is 6.14. The summed E-state index contributed by atoms with van der Waals surface area (Å²) in [4.78, 5) is 33.8. The van der Waals surface area contributed by atoms with Crippen molar-refractivity contribution in [2.75, 3.05) is 13.1 Å². The summed E-state index contributed by atoms with van der Waals surface area (Å²) in [5.74, 6) is -0.109. The Labute approximate surface area is 115 Å². The van der Waals surface area contributed by atoms with Crippen LogP contribution in [0.4, 0.5) is 10.5 Å². The average Bonchev–Trinajstić information content (AvgIpc) is 2.94. The SMILES string of the molecule is O=CC1CCN(C(=O)OCc2ccc([N+](=O)[O-])cc2)C1. The van der Waals surface area contributed by atoms with E-state index in [0.29, 0.717) is 25.1 Å². The Morgan fingerprint density at radius 1 is 1.45 bits per heavy atom. The topological polar surface area (TPSA) is 89.8 Å². The second-order valence-corrected chi connectivity index (χ2v) is 4.61. The van der Waals surface area contributed by atoms with Crippen LogP contribution in [0.15, 0.2) is 24.3 Å². The first-order chi connectivity index (χ1) is 9.60. The fourth-order valence-electron chi connectivity index (χ4n) is 2.01. The summed E-state index contributed by atoms with van der Waals surface area (Å²) in [7, 11) is 0. The largest absolute Gasteiger partial charge is 0.445 e. The summed E-state index contributed by atoms with van der Waals surface area (Å²) in [6.07, 6.45) is 1.05. The number of carbonyl (C=O) groups excluding carboxylic acids is 2. The Balaban J connectivity index is 1.84. The number of carbonyl (C=O) groups is 2. The number of nitro benzene ring substituents is 1. The van der Waals surface area contributed by atoms with Crippen molar-refractivity contribution in [3.05, 3.63) is 39.9 Å². The minimum atomic E-state index is -0.487. The minimum Gasteiger partial charge on any atom is -0.445 e. The quantitative estimate of drug-likeness (QED) is 0.475. The number of amides is 1. The van der Waals surface area contributed by atoms with E-state index in [0.717, 1.165) is 6.29 Å². The molecule has 0 saturated carbocycles. The summed E-state index contributed by atoms with van der Waals surface area (Å²) >= 11 is 0. The predicted molar refractivity (Wildman–Crippen MR) is 69.0 cm³/mol. The highest BCUT2D eigenvalue weighted by Crippen LogP contribution is 2.16. The van der Waals surface area contributed by atoms with Gasteiger partial charge in [-0.2, -0.15) is 0 Å². The van der Waals surface area contributed by atoms with Crippen molar-refractivity contribution >= 4 is 18.1 Å². The van der Waals surface area contributed by atoms with E-state index in [9.17, 15) is 19.7 Å². The Bertz CT molecular complexity index is 514. The normalized spacial score (nSPS) is 17.8. The second-order valence-electron chi connectivity index (χ2n) is 4.61. The lowest BCUT2D eigenvalue weighted by atomic mass is 10.1. The van der Waals surface area contributed by atoms with Crippen LogP contribution in [0.3, 0.4) is 0 Å². The van der Waals surface area contributed by atoms with Crippen LogP contribution in [-0.4, -0.2) is 35.3 Å². The Morgan fingerprint density at radius 3 is 2.70 bits per heavy atom. The number of hydrogen-bond donors (Lipinski definition) is 0. The van der Waals surface area contributed by atoms with E-state index in [2.05, 4.69) is 0 Å². The van der Waals surface area contributed by atoms with Gasteiger partial charge in [0, 0.05) is 31.1 Å². The van der Waals surface area contributed by atoms with Crippen molar-refractivity contribution < 1.29 is 19.2 Å². The Morgan fingerprint density at radius 2 is 2.15 bits per heavy atom. The van der Waals surface area contributed by atoms with Crippen molar-refractivity contribution in [1.29, 1.82) is 0 Å². The first-order valence-corrected chi connectivity index (χ1v) is 6.20. The van der Waals surface area contributed by atoms with Crippen LogP contribution in [0.2, 0.25) is 0 Å². The molecule has 7 nitrogen and oxygen atoms in total. The van der Waals surface area contributed by atoms with Gasteiger partial charge in [-0.25, -0.2) is 4.79 Å². The highest BCUT2D eigenvalue weighted by atomic mass is 16.6. The molecule has 1 saturated heterocycles. The van der Waals surface area contributed by atoms with Crippen molar-refractivity contribution in [2.45, 2.75) is 13.0 Å². The van der Waals surface area contributed by atoms with Gasteiger partial charge in [-0.1, -0.05) is 0 Å². The fraction of sp³-hybridized carbons (Fsp3) is 0.385. The van der Waals surface area contributed by atoms with E-state index in [1.54, 1.807) is 12.1 Å². The minimum absolute atomic E-state index is 0.00607. The monoisotopic (exact) mass is 278 g/mol. The van der Waals surface area contributed by atoms with Gasteiger partial charge >= 0.3 is 6.09 Å². The molecular formula is C13H14N2O5. The van der Waals surface area contributed by atoms with E-state index in [1.807, 2.05) is 0 Å². The molecule has 1 amide bonds. The summed E-state index contributed by atoms with van der Waals surface area (Å²) in [5.41, 5.74) is 0.670. The number of ether oxygens (including phenoxy) is 1. The molecule has 1 fully saturated rings. The maximum atomic E-state index is 11.7. The van der Waals surface area contributed by atoms with Crippen LogP contribution >= 0.6 is 0 Å². The molecule has 0 bridgehead atoms. The lowest BCUT2D eigenvalue weighted by Gasteiger charge is -2.15. The molecule has 106 valence electrons. The lowest BCUT2D eigenvalue weighted by molar-refractivity contribution is -0.384. The lowest BCUT2D eigenvalue weighted by Crippen LogP contribution is -2.29. The van der Waals surface area contributed by atoms with Crippen molar-refractivity contribution in [3.63, 3.8) is 0 Å². The van der Waals surface area contributed by atoms with E-state index in [1.165, 1.54) is 17.0 Å². The molecule has 1 aromatic carbocycles. The fourth-order valence-corrected chi connectivity index (χ4v) is 2.01. The van der Waals surface area contributed by atoms with Gasteiger partial charge in [-0.05, 0) is 24.1 Å². The molecule has 7 heteroatoms. The number of rotatable bonds is 4. The van der Waals surface area contributed by atoms with Gasteiger partial charge in [0.15, 0.2) is 0 Å². The summed E-state index contributed by atoms with van der Waals surface area (Å²) in [5, 5.41) is 10.5. The summed E-state index contributed by atoms with van der Waals surface area (Å²) in [6.45, 7) is 0.962. The first-order valence-electron chi connectivity index (χ1n) is 6.20. The first kappa shape index (κ1) is 14.0. The molecule has 0 N–H and O–H groups in total. The van der Waals surface area contributed by atoms with E-state index in [-0.39, 0.29) is 18.2 Å². The third-order valence-corrected chi connectivity index (χ3v) is 3.18. The van der Waals surface area contributed by atoms with Crippen LogP contribution in [0.1, 0.15) is 12.0 Å². The number of nitro groups is 1. The van der Waals surface area contributed by atoms with Crippen LogP contribution < -0.4 is 0 Å². The zero-order valence-electron chi connectivity index (χ0n) is 10.7. The number of aldehydes is 1. The van der Waals surface area contributed by atoms with E-state index < -0.39 is 11.0 Å². The van der Waals surface area contributed by atoms with Crippen LogP contribution in [0.25, 0.3) is 0 Å². The highest BCUT2D eigenvalue weighted by Gasteiger charge is 2.26. The molecular weight excluding hydrogens is 264 g/mol. The molecule has 1 aliphatic rings. The van der Waals surface area contributed by atoms with Gasteiger partial charge in [0.1, 0.15) is 12.9 Å². The molecule has 1 heterocycles. The zero-order valence-corrected chi connectivity index (χ0v) is 10.7. The van der Waals surface area contributed by atoms with Gasteiger partial charge in [0.2, 0.25) is 0 Å². The van der Waals surface area contributed by atoms with Gasteiger partial charge in [0.25, 0.3) is 5.69 Å². The zero-order chi connectivity index (χ0) is 14.5. The van der Waals surface area contributed by atoms with E-state index >= 15 is 0 Å². The summed E-state index contributed by atoms with van der Waals surface area (Å²) in [6, 6.07) is 5.82. The highest BCUT2D eigenvalue weighted by molar-refractivity contribution is 5.69. The standard InChI is InChI=1S/C13H14N2O5/c16-8-11-5-6-14(7-11)13(17)20-9-10-1-3-12(4-2-10)15(18)19/h1-4,8,11H,5-7,9H2.